The number of hydrogen-bond donors (Lipinski definition) is 0. The van der Waals surface area contributed by atoms with Crippen LogP contribution in [0.5, 0.6) is 0 Å². The molecule has 0 saturated carbocycles. The van der Waals surface area contributed by atoms with Crippen molar-refractivity contribution in [3.63, 3.8) is 0 Å². The lowest BCUT2D eigenvalue weighted by molar-refractivity contribution is 0.325. The van der Waals surface area contributed by atoms with E-state index >= 15 is 0 Å². The van der Waals surface area contributed by atoms with Gasteiger partial charge in [-0.25, -0.2) is 4.98 Å². The van der Waals surface area contributed by atoms with Gasteiger partial charge < -0.3 is 9.80 Å². The Balaban J connectivity index is 1.63. The number of rotatable bonds is 5. The lowest BCUT2D eigenvalue weighted by Crippen LogP contribution is -2.35. The summed E-state index contributed by atoms with van der Waals surface area (Å²) < 4.78 is 0. The molecule has 3 rings (SSSR count). The first-order valence-electron chi connectivity index (χ1n) is 7.98. The molecule has 0 aromatic carbocycles. The average molecular weight is 312 g/mol. The van der Waals surface area contributed by atoms with Crippen molar-refractivity contribution in [2.45, 2.75) is 19.0 Å². The van der Waals surface area contributed by atoms with Crippen LogP contribution in [0, 0.1) is 0 Å². The topological polar surface area (TPSA) is 48.4 Å². The molecule has 3 heterocycles. The van der Waals surface area contributed by atoms with E-state index < -0.39 is 0 Å². The highest BCUT2D eigenvalue weighted by molar-refractivity contribution is 5.42. The molecule has 6 heteroatoms. The lowest BCUT2D eigenvalue weighted by Gasteiger charge is -2.25. The molecule has 122 valence electrons. The van der Waals surface area contributed by atoms with Gasteiger partial charge in [-0.3, -0.25) is 9.88 Å². The highest BCUT2D eigenvalue weighted by Gasteiger charge is 2.27. The Kier molecular flexibility index (Phi) is 4.71. The second kappa shape index (κ2) is 6.91. The van der Waals surface area contributed by atoms with E-state index in [9.17, 15) is 0 Å². The van der Waals surface area contributed by atoms with Crippen LogP contribution < -0.4 is 9.80 Å². The van der Waals surface area contributed by atoms with E-state index in [0.29, 0.717) is 6.04 Å². The summed E-state index contributed by atoms with van der Waals surface area (Å²) in [5.41, 5.74) is 1.31. The van der Waals surface area contributed by atoms with Gasteiger partial charge in [-0.1, -0.05) is 0 Å². The van der Waals surface area contributed by atoms with E-state index in [1.165, 1.54) is 5.56 Å². The fraction of sp³-hybridized carbons (Fsp3) is 0.471. The smallest absolute Gasteiger partial charge is 0.227 e. The van der Waals surface area contributed by atoms with Crippen LogP contribution in [0.25, 0.3) is 0 Å². The molecule has 2 aromatic rings. The standard InChI is InChI=1S/C17H24N6/c1-21(2)16-6-10-19-17(20-16)22(3)15-7-11-23(13-15)12-14-4-8-18-9-5-14/h4-6,8-10,15H,7,11-13H2,1-3H3. The number of aromatic nitrogens is 3. The molecule has 0 spiro atoms. The maximum Gasteiger partial charge on any atom is 0.227 e. The first-order valence-corrected chi connectivity index (χ1v) is 7.98. The van der Waals surface area contributed by atoms with E-state index in [2.05, 4.69) is 43.9 Å². The Labute approximate surface area is 137 Å². The average Bonchev–Trinajstić information content (AvgIpc) is 3.03. The molecule has 1 atom stereocenters. The molecule has 0 aliphatic carbocycles. The van der Waals surface area contributed by atoms with Crippen LogP contribution in [0.15, 0.2) is 36.8 Å². The van der Waals surface area contributed by atoms with Crippen LogP contribution in [-0.4, -0.2) is 60.1 Å². The first kappa shape index (κ1) is 15.7. The second-order valence-electron chi connectivity index (χ2n) is 6.25. The molecule has 6 nitrogen and oxygen atoms in total. The van der Waals surface area contributed by atoms with Crippen molar-refractivity contribution in [2.75, 3.05) is 44.0 Å². The third kappa shape index (κ3) is 3.76. The third-order valence-electron chi connectivity index (χ3n) is 4.35. The summed E-state index contributed by atoms with van der Waals surface area (Å²) in [6.45, 7) is 3.12. The molecule has 2 aromatic heterocycles. The molecule has 0 radical (unpaired) electrons. The van der Waals surface area contributed by atoms with Gasteiger partial charge in [-0.05, 0) is 30.2 Å². The van der Waals surface area contributed by atoms with Crippen LogP contribution in [0.2, 0.25) is 0 Å². The molecule has 0 amide bonds. The molecule has 0 N–H and O–H groups in total. The maximum atomic E-state index is 4.64. The van der Waals surface area contributed by atoms with E-state index in [4.69, 9.17) is 0 Å². The summed E-state index contributed by atoms with van der Waals surface area (Å²) in [4.78, 5) is 19.8. The second-order valence-corrected chi connectivity index (χ2v) is 6.25. The molecule has 1 unspecified atom stereocenters. The lowest BCUT2D eigenvalue weighted by atomic mass is 10.2. The fourth-order valence-corrected chi connectivity index (χ4v) is 2.94. The van der Waals surface area contributed by atoms with Gasteiger partial charge in [0.05, 0.1) is 0 Å². The number of anilines is 2. The Bertz CT molecular complexity index is 630. The minimum atomic E-state index is 0.453. The van der Waals surface area contributed by atoms with Gasteiger partial charge >= 0.3 is 0 Å². The van der Waals surface area contributed by atoms with Gasteiger partial charge in [-0.2, -0.15) is 4.98 Å². The van der Waals surface area contributed by atoms with E-state index in [1.807, 2.05) is 43.7 Å². The molecule has 23 heavy (non-hydrogen) atoms. The molecule has 1 aliphatic heterocycles. The number of likely N-dealkylation sites (tertiary alicyclic amines) is 1. The normalized spacial score (nSPS) is 18.1. The summed E-state index contributed by atoms with van der Waals surface area (Å²) >= 11 is 0. The van der Waals surface area contributed by atoms with Crippen LogP contribution in [0.1, 0.15) is 12.0 Å². The SMILES string of the molecule is CN(C)c1ccnc(N(C)C2CCN(Cc3ccncc3)C2)n1. The van der Waals surface area contributed by atoms with Gasteiger partial charge in [-0.15, -0.1) is 0 Å². The highest BCUT2D eigenvalue weighted by Crippen LogP contribution is 2.21. The van der Waals surface area contributed by atoms with E-state index in [-0.39, 0.29) is 0 Å². The fourth-order valence-electron chi connectivity index (χ4n) is 2.94. The minimum absolute atomic E-state index is 0.453. The first-order chi connectivity index (χ1) is 11.1. The molecular weight excluding hydrogens is 288 g/mol. The monoisotopic (exact) mass is 312 g/mol. The molecule has 1 aliphatic rings. The van der Waals surface area contributed by atoms with Gasteiger partial charge in [0, 0.05) is 65.4 Å². The van der Waals surface area contributed by atoms with Crippen molar-refractivity contribution < 1.29 is 0 Å². The van der Waals surface area contributed by atoms with Crippen molar-refractivity contribution in [3.05, 3.63) is 42.4 Å². The summed E-state index contributed by atoms with van der Waals surface area (Å²) in [6, 6.07) is 6.55. The Morgan fingerprint density at radius 3 is 2.65 bits per heavy atom. The Morgan fingerprint density at radius 2 is 1.91 bits per heavy atom. The quantitative estimate of drug-likeness (QED) is 0.837. The summed E-state index contributed by atoms with van der Waals surface area (Å²) in [6.07, 6.45) is 6.68. The van der Waals surface area contributed by atoms with Crippen LogP contribution >= 0.6 is 0 Å². The summed E-state index contributed by atoms with van der Waals surface area (Å²) in [7, 11) is 6.09. The van der Waals surface area contributed by atoms with Crippen molar-refractivity contribution in [3.8, 4) is 0 Å². The highest BCUT2D eigenvalue weighted by atomic mass is 15.3. The third-order valence-corrected chi connectivity index (χ3v) is 4.35. The molecule has 1 saturated heterocycles. The van der Waals surface area contributed by atoms with Gasteiger partial charge in [0.25, 0.3) is 0 Å². The van der Waals surface area contributed by atoms with Crippen LogP contribution in [-0.2, 0) is 6.54 Å². The van der Waals surface area contributed by atoms with Crippen molar-refractivity contribution >= 4 is 11.8 Å². The molecule has 0 bridgehead atoms. The van der Waals surface area contributed by atoms with Crippen molar-refractivity contribution in [1.29, 1.82) is 0 Å². The van der Waals surface area contributed by atoms with Crippen molar-refractivity contribution in [2.24, 2.45) is 0 Å². The number of nitrogens with zero attached hydrogens (tertiary/aromatic N) is 6. The van der Waals surface area contributed by atoms with Crippen LogP contribution in [0.3, 0.4) is 0 Å². The van der Waals surface area contributed by atoms with Gasteiger partial charge in [0.2, 0.25) is 5.95 Å². The predicted octanol–water partition coefficient (Wildman–Crippen LogP) is 1.65. The number of likely N-dealkylation sites (N-methyl/N-ethyl adjacent to an activating group) is 1. The van der Waals surface area contributed by atoms with E-state index in [0.717, 1.165) is 37.8 Å². The van der Waals surface area contributed by atoms with Crippen LogP contribution in [0.4, 0.5) is 11.8 Å². The number of hydrogen-bond acceptors (Lipinski definition) is 6. The zero-order valence-electron chi connectivity index (χ0n) is 14.1. The molecular formula is C17H24N6. The Hall–Kier alpha value is -2.21. The Morgan fingerprint density at radius 1 is 1.13 bits per heavy atom. The largest absolute Gasteiger partial charge is 0.363 e. The van der Waals surface area contributed by atoms with E-state index in [1.54, 1.807) is 0 Å². The molecule has 1 fully saturated rings. The van der Waals surface area contributed by atoms with Gasteiger partial charge in [0.15, 0.2) is 0 Å². The number of pyridine rings is 1. The maximum absolute atomic E-state index is 4.64. The summed E-state index contributed by atoms with van der Waals surface area (Å²) in [5.74, 6) is 1.74. The predicted molar refractivity (Wildman–Crippen MR) is 92.7 cm³/mol. The van der Waals surface area contributed by atoms with Crippen molar-refractivity contribution in [1.82, 2.24) is 19.9 Å². The zero-order chi connectivity index (χ0) is 16.2. The zero-order valence-corrected chi connectivity index (χ0v) is 14.1. The summed E-state index contributed by atoms with van der Waals surface area (Å²) in [5, 5.41) is 0. The minimum Gasteiger partial charge on any atom is -0.363 e. The van der Waals surface area contributed by atoms with Gasteiger partial charge in [0.1, 0.15) is 5.82 Å².